The fourth-order valence-corrected chi connectivity index (χ4v) is 2.13. The number of ether oxygens (including phenoxy) is 1. The fraction of sp³-hybridized carbons (Fsp3) is 0.462. The summed E-state index contributed by atoms with van der Waals surface area (Å²) in [5, 5.41) is 8.53. The maximum Gasteiger partial charge on any atom is 0.329 e. The number of rotatable bonds is 4. The molecular weight excluding hydrogens is 267 g/mol. The van der Waals surface area contributed by atoms with Crippen LogP contribution in [0.5, 0.6) is 0 Å². The van der Waals surface area contributed by atoms with Gasteiger partial charge in [0.2, 0.25) is 5.95 Å². The highest BCUT2D eigenvalue weighted by molar-refractivity contribution is 5.94. The zero-order valence-electron chi connectivity index (χ0n) is 10.8. The number of hydrogen-bond donors (Lipinski definition) is 1. The Bertz CT molecular complexity index is 501. The van der Waals surface area contributed by atoms with Gasteiger partial charge >= 0.3 is 5.97 Å². The van der Waals surface area contributed by atoms with Crippen LogP contribution < -0.4 is 0 Å². The van der Waals surface area contributed by atoms with Gasteiger partial charge in [-0.2, -0.15) is 4.39 Å². The van der Waals surface area contributed by atoms with Crippen molar-refractivity contribution in [1.82, 2.24) is 9.88 Å². The third-order valence-corrected chi connectivity index (χ3v) is 3.15. The number of hydrogen-bond acceptors (Lipinski definition) is 4. The molecule has 1 amide bonds. The number of halogens is 1. The van der Waals surface area contributed by atoms with Gasteiger partial charge in [-0.3, -0.25) is 4.79 Å². The van der Waals surface area contributed by atoms with Gasteiger partial charge in [-0.25, -0.2) is 9.78 Å². The summed E-state index contributed by atoms with van der Waals surface area (Å²) in [6.45, 7) is 0.605. The molecule has 1 saturated heterocycles. The first-order valence-corrected chi connectivity index (χ1v) is 6.30. The summed E-state index contributed by atoms with van der Waals surface area (Å²) < 4.78 is 18.2. The molecule has 7 heteroatoms. The second kappa shape index (κ2) is 6.42. The second-order valence-electron chi connectivity index (χ2n) is 4.56. The molecule has 0 aromatic carbocycles. The van der Waals surface area contributed by atoms with E-state index in [4.69, 9.17) is 9.84 Å². The number of carbonyl (C=O) groups is 2. The van der Waals surface area contributed by atoms with Gasteiger partial charge in [0.05, 0.1) is 6.10 Å². The number of likely N-dealkylation sites (tertiary alicyclic amines) is 1. The molecule has 1 N–H and O–H groups in total. The second-order valence-corrected chi connectivity index (χ2v) is 4.56. The quantitative estimate of drug-likeness (QED) is 0.831. The minimum Gasteiger partial charge on any atom is -0.480 e. The highest BCUT2D eigenvalue weighted by Crippen LogP contribution is 2.16. The summed E-state index contributed by atoms with van der Waals surface area (Å²) in [4.78, 5) is 27.5. The van der Waals surface area contributed by atoms with Gasteiger partial charge in [0.25, 0.3) is 5.91 Å². The number of pyridine rings is 1. The van der Waals surface area contributed by atoms with Crippen molar-refractivity contribution in [3.63, 3.8) is 0 Å². The molecule has 0 atom stereocenters. The lowest BCUT2D eigenvalue weighted by molar-refractivity contribution is -0.145. The topological polar surface area (TPSA) is 79.7 Å². The van der Waals surface area contributed by atoms with Gasteiger partial charge in [-0.15, -0.1) is 0 Å². The number of carboxylic acid groups (broad SMARTS) is 1. The first-order chi connectivity index (χ1) is 9.56. The lowest BCUT2D eigenvalue weighted by atomic mass is 10.1. The third kappa shape index (κ3) is 3.74. The first kappa shape index (κ1) is 14.4. The molecule has 1 aromatic heterocycles. The molecule has 0 unspecified atom stereocenters. The number of carboxylic acids is 1. The number of amides is 1. The minimum atomic E-state index is -1.00. The summed E-state index contributed by atoms with van der Waals surface area (Å²) in [6.07, 6.45) is 2.26. The van der Waals surface area contributed by atoms with Crippen LogP contribution in [0.4, 0.5) is 4.39 Å². The normalized spacial score (nSPS) is 16.1. The van der Waals surface area contributed by atoms with Gasteiger partial charge in [0, 0.05) is 30.9 Å². The van der Waals surface area contributed by atoms with E-state index < -0.39 is 11.9 Å². The average molecular weight is 282 g/mol. The molecule has 1 aliphatic rings. The highest BCUT2D eigenvalue weighted by Gasteiger charge is 2.24. The van der Waals surface area contributed by atoms with E-state index in [-0.39, 0.29) is 24.2 Å². The van der Waals surface area contributed by atoms with E-state index >= 15 is 0 Å². The van der Waals surface area contributed by atoms with E-state index in [0.717, 1.165) is 6.07 Å². The Balaban J connectivity index is 1.87. The van der Waals surface area contributed by atoms with Crippen LogP contribution in [-0.2, 0) is 9.53 Å². The molecule has 2 rings (SSSR count). The minimum absolute atomic E-state index is 0.149. The van der Waals surface area contributed by atoms with E-state index in [2.05, 4.69) is 4.98 Å². The molecule has 0 aliphatic carbocycles. The Morgan fingerprint density at radius 2 is 2.15 bits per heavy atom. The van der Waals surface area contributed by atoms with Gasteiger partial charge in [0.1, 0.15) is 6.61 Å². The summed E-state index contributed by atoms with van der Waals surface area (Å²) >= 11 is 0. The largest absolute Gasteiger partial charge is 0.480 e. The molecule has 108 valence electrons. The summed E-state index contributed by atoms with van der Waals surface area (Å²) in [5.41, 5.74) is 0.266. The van der Waals surface area contributed by atoms with Crippen LogP contribution in [0.2, 0.25) is 0 Å². The van der Waals surface area contributed by atoms with E-state index in [9.17, 15) is 14.0 Å². The standard InChI is InChI=1S/C13H15FN2O4/c14-11-7-9(1-4-15-11)13(19)16-5-2-10(3-6-16)20-8-12(17)18/h1,4,7,10H,2-3,5-6,8H2,(H,17,18). The number of piperidine rings is 1. The maximum absolute atomic E-state index is 13.0. The first-order valence-electron chi connectivity index (χ1n) is 6.30. The molecule has 2 heterocycles. The van der Waals surface area contributed by atoms with Crippen molar-refractivity contribution in [3.8, 4) is 0 Å². The zero-order chi connectivity index (χ0) is 14.5. The van der Waals surface area contributed by atoms with Gasteiger partial charge in [0.15, 0.2) is 0 Å². The Labute approximate surface area is 115 Å². The van der Waals surface area contributed by atoms with Crippen LogP contribution in [-0.4, -0.2) is 52.7 Å². The van der Waals surface area contributed by atoms with Crippen LogP contribution in [0.3, 0.4) is 0 Å². The Hall–Kier alpha value is -2.02. The fourth-order valence-electron chi connectivity index (χ4n) is 2.13. The van der Waals surface area contributed by atoms with Crippen LogP contribution in [0.15, 0.2) is 18.3 Å². The van der Waals surface area contributed by atoms with Crippen molar-refractivity contribution in [2.24, 2.45) is 0 Å². The molecule has 20 heavy (non-hydrogen) atoms. The van der Waals surface area contributed by atoms with Gasteiger partial charge < -0.3 is 14.7 Å². The van der Waals surface area contributed by atoms with Crippen molar-refractivity contribution < 1.29 is 23.8 Å². The highest BCUT2D eigenvalue weighted by atomic mass is 19.1. The molecule has 1 fully saturated rings. The summed E-state index contributed by atoms with van der Waals surface area (Å²) in [6, 6.07) is 2.58. The molecule has 1 aliphatic heterocycles. The van der Waals surface area contributed by atoms with E-state index in [0.29, 0.717) is 25.9 Å². The van der Waals surface area contributed by atoms with E-state index in [1.54, 1.807) is 4.90 Å². The molecule has 0 radical (unpaired) electrons. The smallest absolute Gasteiger partial charge is 0.329 e. The van der Waals surface area contributed by atoms with Crippen molar-refractivity contribution in [2.75, 3.05) is 19.7 Å². The van der Waals surface area contributed by atoms with Crippen LogP contribution in [0, 0.1) is 5.95 Å². The van der Waals surface area contributed by atoms with E-state index in [1.807, 2.05) is 0 Å². The number of aliphatic carboxylic acids is 1. The van der Waals surface area contributed by atoms with Gasteiger partial charge in [-0.05, 0) is 18.9 Å². The van der Waals surface area contributed by atoms with Crippen LogP contribution >= 0.6 is 0 Å². The summed E-state index contributed by atoms with van der Waals surface area (Å²) in [5.74, 6) is -1.94. The van der Waals surface area contributed by atoms with Crippen molar-refractivity contribution in [2.45, 2.75) is 18.9 Å². The van der Waals surface area contributed by atoms with Crippen molar-refractivity contribution in [1.29, 1.82) is 0 Å². The lowest BCUT2D eigenvalue weighted by Crippen LogP contribution is -2.41. The number of carbonyl (C=O) groups excluding carboxylic acids is 1. The molecule has 0 saturated carbocycles. The number of nitrogens with zero attached hydrogens (tertiary/aromatic N) is 2. The van der Waals surface area contributed by atoms with Crippen LogP contribution in [0.25, 0.3) is 0 Å². The predicted molar refractivity (Wildman–Crippen MR) is 66.7 cm³/mol. The third-order valence-electron chi connectivity index (χ3n) is 3.15. The molecule has 0 bridgehead atoms. The molecular formula is C13H15FN2O4. The zero-order valence-corrected chi connectivity index (χ0v) is 10.8. The SMILES string of the molecule is O=C(O)COC1CCN(C(=O)c2ccnc(F)c2)CC1. The van der Waals surface area contributed by atoms with Crippen molar-refractivity contribution >= 4 is 11.9 Å². The molecule has 0 spiro atoms. The molecule has 6 nitrogen and oxygen atoms in total. The lowest BCUT2D eigenvalue weighted by Gasteiger charge is -2.31. The Morgan fingerprint density at radius 3 is 2.75 bits per heavy atom. The maximum atomic E-state index is 13.0. The number of aromatic nitrogens is 1. The summed E-state index contributed by atoms with van der Waals surface area (Å²) in [7, 11) is 0. The van der Waals surface area contributed by atoms with Crippen molar-refractivity contribution in [3.05, 3.63) is 29.8 Å². The monoisotopic (exact) mass is 282 g/mol. The predicted octanol–water partition coefficient (Wildman–Crippen LogP) is 0.926. The van der Waals surface area contributed by atoms with E-state index in [1.165, 1.54) is 12.3 Å². The Kier molecular flexibility index (Phi) is 4.62. The molecule has 1 aromatic rings. The average Bonchev–Trinajstić information content (AvgIpc) is 2.45. The Morgan fingerprint density at radius 1 is 1.45 bits per heavy atom. The van der Waals surface area contributed by atoms with Crippen LogP contribution in [0.1, 0.15) is 23.2 Å². The van der Waals surface area contributed by atoms with Gasteiger partial charge in [-0.1, -0.05) is 0 Å².